The van der Waals surface area contributed by atoms with Gasteiger partial charge in [0.25, 0.3) is 0 Å². The summed E-state index contributed by atoms with van der Waals surface area (Å²) in [7, 11) is -0.810. The van der Waals surface area contributed by atoms with E-state index in [-0.39, 0.29) is 0 Å². The lowest BCUT2D eigenvalue weighted by Crippen LogP contribution is -2.10. The van der Waals surface area contributed by atoms with Crippen LogP contribution in [0.5, 0.6) is 0 Å². The van der Waals surface area contributed by atoms with Crippen LogP contribution >= 0.6 is 0 Å². The number of H-pyrrole nitrogens is 1. The first-order valence-corrected chi connectivity index (χ1v) is 5.97. The molecule has 1 atom stereocenters. The number of aromatic nitrogens is 2. The van der Waals surface area contributed by atoms with Crippen molar-refractivity contribution in [2.75, 3.05) is 5.75 Å². The summed E-state index contributed by atoms with van der Waals surface area (Å²) in [6.07, 6.45) is 2.01. The Hall–Kier alpha value is -0.640. The first kappa shape index (κ1) is 8.94. The Morgan fingerprint density at radius 2 is 2.31 bits per heavy atom. The van der Waals surface area contributed by atoms with Crippen molar-refractivity contribution >= 4 is 10.8 Å². The molecule has 0 aliphatic carbocycles. The minimum absolute atomic E-state index is 0.363. The molecule has 1 aromatic rings. The molecule has 1 aliphatic rings. The largest absolute Gasteiger partial charge is 0.281 e. The third-order valence-electron chi connectivity index (χ3n) is 2.35. The Labute approximate surface area is 80.4 Å². The van der Waals surface area contributed by atoms with Gasteiger partial charge in [-0.25, -0.2) is 0 Å². The Balaban J connectivity index is 2.50. The lowest BCUT2D eigenvalue weighted by Gasteiger charge is -2.11. The van der Waals surface area contributed by atoms with Crippen LogP contribution in [0.3, 0.4) is 0 Å². The quantitative estimate of drug-likeness (QED) is 0.744. The number of aryl methyl sites for hydroxylation is 1. The van der Waals surface area contributed by atoms with Gasteiger partial charge in [-0.15, -0.1) is 0 Å². The van der Waals surface area contributed by atoms with Crippen LogP contribution in [-0.2, 0) is 17.2 Å². The normalized spacial score (nSPS) is 21.9. The minimum Gasteiger partial charge on any atom is -0.281 e. The number of nitrogens with zero attached hydrogens (tertiary/aromatic N) is 1. The molecule has 0 spiro atoms. The number of fused-ring (bicyclic) bond motifs is 1. The maximum absolute atomic E-state index is 11.7. The smallest absolute Gasteiger partial charge is 0.0831 e. The van der Waals surface area contributed by atoms with Gasteiger partial charge >= 0.3 is 0 Å². The Bertz CT molecular complexity index is 343. The second-order valence-corrected chi connectivity index (χ2v) is 5.23. The lowest BCUT2D eigenvalue weighted by molar-refractivity contribution is 0.670. The maximum Gasteiger partial charge on any atom is 0.0831 e. The van der Waals surface area contributed by atoms with Gasteiger partial charge in [-0.3, -0.25) is 9.31 Å². The van der Waals surface area contributed by atoms with Crippen molar-refractivity contribution in [1.29, 1.82) is 0 Å². The summed E-state index contributed by atoms with van der Waals surface area (Å²) in [6, 6.07) is 0. The van der Waals surface area contributed by atoms with Gasteiger partial charge in [0.15, 0.2) is 0 Å². The third kappa shape index (κ3) is 1.43. The summed E-state index contributed by atoms with van der Waals surface area (Å²) < 4.78 is 11.7. The summed E-state index contributed by atoms with van der Waals surface area (Å²) in [6.45, 7) is 4.17. The lowest BCUT2D eigenvalue weighted by atomic mass is 10.1. The molecule has 0 radical (unpaired) electrons. The fourth-order valence-corrected chi connectivity index (χ4v) is 3.23. The number of hydrogen-bond donors (Lipinski definition) is 1. The molecule has 13 heavy (non-hydrogen) atoms. The van der Waals surface area contributed by atoms with Gasteiger partial charge in [-0.1, -0.05) is 13.8 Å². The SMILES string of the molecule is CC(C)c1n[nH]c2c1S(=O)CCC2. The van der Waals surface area contributed by atoms with E-state index in [1.54, 1.807) is 0 Å². The highest BCUT2D eigenvalue weighted by Crippen LogP contribution is 2.27. The average molecular weight is 198 g/mol. The number of rotatable bonds is 1. The standard InChI is InChI=1S/C9H14N2OS/c1-6(2)8-9-7(10-11-8)4-3-5-13(9)12/h6H,3-5H2,1-2H3,(H,10,11). The highest BCUT2D eigenvalue weighted by atomic mass is 32.2. The molecule has 1 aromatic heterocycles. The molecule has 0 saturated carbocycles. The first-order valence-electron chi connectivity index (χ1n) is 4.65. The van der Waals surface area contributed by atoms with Crippen molar-refractivity contribution < 1.29 is 4.21 Å². The summed E-state index contributed by atoms with van der Waals surface area (Å²) in [4.78, 5) is 0.987. The zero-order valence-corrected chi connectivity index (χ0v) is 8.78. The van der Waals surface area contributed by atoms with Gasteiger partial charge in [0, 0.05) is 5.75 Å². The van der Waals surface area contributed by atoms with E-state index in [0.717, 1.165) is 34.9 Å². The van der Waals surface area contributed by atoms with Crippen LogP contribution in [0.25, 0.3) is 0 Å². The molecule has 0 amide bonds. The molecule has 0 fully saturated rings. The molecule has 2 rings (SSSR count). The highest BCUT2D eigenvalue weighted by Gasteiger charge is 2.23. The first-order chi connectivity index (χ1) is 6.20. The van der Waals surface area contributed by atoms with Gasteiger partial charge in [0.05, 0.1) is 27.1 Å². The van der Waals surface area contributed by atoms with Gasteiger partial charge in [-0.2, -0.15) is 5.10 Å². The van der Waals surface area contributed by atoms with E-state index in [0.29, 0.717) is 5.92 Å². The van der Waals surface area contributed by atoms with Crippen molar-refractivity contribution in [3.05, 3.63) is 11.4 Å². The molecular formula is C9H14N2OS. The molecule has 1 unspecified atom stereocenters. The average Bonchev–Trinajstić information content (AvgIpc) is 2.49. The van der Waals surface area contributed by atoms with Crippen molar-refractivity contribution in [3.63, 3.8) is 0 Å². The zero-order chi connectivity index (χ0) is 9.42. The highest BCUT2D eigenvalue weighted by molar-refractivity contribution is 7.85. The van der Waals surface area contributed by atoms with Crippen LogP contribution in [0.4, 0.5) is 0 Å². The summed E-state index contributed by atoms with van der Waals surface area (Å²) in [5, 5.41) is 7.22. The minimum atomic E-state index is -0.810. The van der Waals surface area contributed by atoms with E-state index >= 15 is 0 Å². The number of aromatic amines is 1. The molecule has 2 heterocycles. The van der Waals surface area contributed by atoms with Crippen LogP contribution in [0.2, 0.25) is 0 Å². The van der Waals surface area contributed by atoms with Crippen molar-refractivity contribution in [2.24, 2.45) is 0 Å². The monoisotopic (exact) mass is 198 g/mol. The van der Waals surface area contributed by atoms with E-state index in [4.69, 9.17) is 0 Å². The third-order valence-corrected chi connectivity index (χ3v) is 3.92. The topological polar surface area (TPSA) is 45.8 Å². The van der Waals surface area contributed by atoms with Gasteiger partial charge < -0.3 is 0 Å². The molecule has 4 heteroatoms. The molecule has 0 aromatic carbocycles. The Kier molecular flexibility index (Phi) is 2.24. The van der Waals surface area contributed by atoms with E-state index in [9.17, 15) is 4.21 Å². The molecule has 3 nitrogen and oxygen atoms in total. The maximum atomic E-state index is 11.7. The van der Waals surface area contributed by atoms with Gasteiger partial charge in [-0.05, 0) is 18.8 Å². The Morgan fingerprint density at radius 3 is 3.00 bits per heavy atom. The molecule has 72 valence electrons. The van der Waals surface area contributed by atoms with E-state index in [1.807, 2.05) is 0 Å². The molecular weight excluding hydrogens is 184 g/mol. The van der Waals surface area contributed by atoms with E-state index in [1.165, 1.54) is 0 Å². The number of hydrogen-bond acceptors (Lipinski definition) is 2. The van der Waals surface area contributed by atoms with Crippen LogP contribution in [0.1, 0.15) is 37.6 Å². The second-order valence-electron chi connectivity index (χ2n) is 3.72. The predicted octanol–water partition coefficient (Wildman–Crippen LogP) is 1.59. The van der Waals surface area contributed by atoms with Gasteiger partial charge in [0.2, 0.25) is 0 Å². The molecule has 1 aliphatic heterocycles. The van der Waals surface area contributed by atoms with Crippen molar-refractivity contribution in [3.8, 4) is 0 Å². The fourth-order valence-electron chi connectivity index (χ4n) is 1.68. The van der Waals surface area contributed by atoms with Crippen LogP contribution in [-0.4, -0.2) is 20.2 Å². The van der Waals surface area contributed by atoms with Gasteiger partial charge in [0.1, 0.15) is 0 Å². The van der Waals surface area contributed by atoms with Crippen LogP contribution in [0, 0.1) is 0 Å². The summed E-state index contributed by atoms with van der Waals surface area (Å²) >= 11 is 0. The Morgan fingerprint density at radius 1 is 1.54 bits per heavy atom. The van der Waals surface area contributed by atoms with Crippen molar-refractivity contribution in [1.82, 2.24) is 10.2 Å². The van der Waals surface area contributed by atoms with Crippen LogP contribution in [0.15, 0.2) is 4.90 Å². The second kappa shape index (κ2) is 3.25. The van der Waals surface area contributed by atoms with E-state index < -0.39 is 10.8 Å². The number of nitrogens with one attached hydrogen (secondary N) is 1. The predicted molar refractivity (Wildman–Crippen MR) is 52.3 cm³/mol. The fraction of sp³-hybridized carbons (Fsp3) is 0.667. The molecule has 0 saturated heterocycles. The zero-order valence-electron chi connectivity index (χ0n) is 7.96. The molecule has 0 bridgehead atoms. The summed E-state index contributed by atoms with van der Waals surface area (Å²) in [5.74, 6) is 1.16. The van der Waals surface area contributed by atoms with E-state index in [2.05, 4.69) is 24.0 Å². The van der Waals surface area contributed by atoms with Crippen molar-refractivity contribution in [2.45, 2.75) is 37.5 Å². The molecule has 1 N–H and O–H groups in total. The summed E-state index contributed by atoms with van der Waals surface area (Å²) in [5.41, 5.74) is 2.08. The van der Waals surface area contributed by atoms with Crippen LogP contribution < -0.4 is 0 Å².